The molecule has 0 saturated heterocycles. The fourth-order valence-corrected chi connectivity index (χ4v) is 3.98. The van der Waals surface area contributed by atoms with Crippen molar-refractivity contribution in [3.8, 4) is 6.07 Å². The van der Waals surface area contributed by atoms with Crippen LogP contribution in [0.4, 0.5) is 0 Å². The number of aryl methyl sites for hydroxylation is 1. The van der Waals surface area contributed by atoms with Crippen molar-refractivity contribution in [1.82, 2.24) is 9.88 Å². The van der Waals surface area contributed by atoms with E-state index in [1.807, 2.05) is 32.0 Å². The number of amides is 1. The summed E-state index contributed by atoms with van der Waals surface area (Å²) in [6, 6.07) is 7.99. The average molecular weight is 424 g/mol. The van der Waals surface area contributed by atoms with Gasteiger partial charge in [-0.2, -0.15) is 5.26 Å². The van der Waals surface area contributed by atoms with E-state index < -0.39 is 23.5 Å². The fourth-order valence-electron chi connectivity index (χ4n) is 3.98. The lowest BCUT2D eigenvalue weighted by Crippen LogP contribution is -2.52. The van der Waals surface area contributed by atoms with Gasteiger partial charge in [-0.3, -0.25) is 4.79 Å². The molecule has 1 saturated carbocycles. The normalized spacial score (nSPS) is 16.6. The SMILES string of the molecule is Cc1cc(/C=C/C(=O)O[C@H](C)C(=O)NC2(C#N)CCCCC2)c(C)n1Cc1ccco1. The number of hydrogen-bond acceptors (Lipinski definition) is 5. The van der Waals surface area contributed by atoms with Gasteiger partial charge in [0.05, 0.1) is 18.9 Å². The Morgan fingerprint density at radius 3 is 2.74 bits per heavy atom. The molecular formula is C24H29N3O4. The highest BCUT2D eigenvalue weighted by Gasteiger charge is 2.35. The largest absolute Gasteiger partial charge is 0.467 e. The van der Waals surface area contributed by atoms with Gasteiger partial charge in [0.15, 0.2) is 6.10 Å². The van der Waals surface area contributed by atoms with Gasteiger partial charge in [-0.05, 0) is 63.5 Å². The van der Waals surface area contributed by atoms with E-state index >= 15 is 0 Å². The molecule has 31 heavy (non-hydrogen) atoms. The van der Waals surface area contributed by atoms with Crippen molar-refractivity contribution in [3.63, 3.8) is 0 Å². The first-order valence-corrected chi connectivity index (χ1v) is 10.6. The molecule has 164 valence electrons. The molecule has 1 fully saturated rings. The topological polar surface area (TPSA) is 97.3 Å². The Balaban J connectivity index is 1.59. The van der Waals surface area contributed by atoms with E-state index in [2.05, 4.69) is 16.0 Å². The molecule has 7 nitrogen and oxygen atoms in total. The lowest BCUT2D eigenvalue weighted by Gasteiger charge is -2.32. The Kier molecular flexibility index (Phi) is 7.01. The van der Waals surface area contributed by atoms with Gasteiger partial charge in [0.1, 0.15) is 11.3 Å². The van der Waals surface area contributed by atoms with Crippen LogP contribution in [-0.2, 0) is 20.9 Å². The molecule has 7 heteroatoms. The van der Waals surface area contributed by atoms with Gasteiger partial charge in [-0.15, -0.1) is 0 Å². The van der Waals surface area contributed by atoms with Gasteiger partial charge in [-0.25, -0.2) is 4.79 Å². The molecule has 2 aromatic heterocycles. The van der Waals surface area contributed by atoms with Gasteiger partial charge in [0.2, 0.25) is 0 Å². The third-order valence-electron chi connectivity index (χ3n) is 5.85. The second-order valence-electron chi connectivity index (χ2n) is 8.15. The lowest BCUT2D eigenvalue weighted by molar-refractivity contribution is -0.150. The van der Waals surface area contributed by atoms with E-state index in [0.29, 0.717) is 19.4 Å². The molecule has 3 rings (SSSR count). The number of aromatic nitrogens is 1. The number of ether oxygens (including phenoxy) is 1. The van der Waals surface area contributed by atoms with Crippen LogP contribution in [0.5, 0.6) is 0 Å². The Morgan fingerprint density at radius 2 is 2.10 bits per heavy atom. The van der Waals surface area contributed by atoms with Crippen LogP contribution in [0.3, 0.4) is 0 Å². The molecular weight excluding hydrogens is 394 g/mol. The molecule has 0 radical (unpaired) electrons. The van der Waals surface area contributed by atoms with E-state index in [4.69, 9.17) is 9.15 Å². The summed E-state index contributed by atoms with van der Waals surface area (Å²) < 4.78 is 12.8. The zero-order valence-electron chi connectivity index (χ0n) is 18.3. The molecule has 2 heterocycles. The molecule has 0 spiro atoms. The van der Waals surface area contributed by atoms with Crippen LogP contribution in [0.15, 0.2) is 35.0 Å². The highest BCUT2D eigenvalue weighted by Crippen LogP contribution is 2.27. The molecule has 1 aliphatic carbocycles. The predicted molar refractivity (Wildman–Crippen MR) is 116 cm³/mol. The number of carbonyl (C=O) groups excluding carboxylic acids is 2. The standard InChI is InChI=1S/C24H29N3O4/c1-17-14-20(18(2)27(17)15-21-8-7-13-30-21)9-10-22(28)31-19(3)23(29)26-24(16-25)11-5-4-6-12-24/h7-10,13-14,19H,4-6,11-12,15H2,1-3H3,(H,26,29)/b10-9+/t19-/m1/s1. The molecule has 0 unspecified atom stereocenters. The minimum absolute atomic E-state index is 0.443. The summed E-state index contributed by atoms with van der Waals surface area (Å²) in [6.07, 6.45) is 7.81. The van der Waals surface area contributed by atoms with Gasteiger partial charge < -0.3 is 19.0 Å². The van der Waals surface area contributed by atoms with Crippen molar-refractivity contribution >= 4 is 18.0 Å². The summed E-state index contributed by atoms with van der Waals surface area (Å²) in [5.41, 5.74) is 2.09. The van der Waals surface area contributed by atoms with E-state index in [0.717, 1.165) is 42.0 Å². The maximum absolute atomic E-state index is 12.5. The van der Waals surface area contributed by atoms with Crippen molar-refractivity contribution in [3.05, 3.63) is 53.2 Å². The summed E-state index contributed by atoms with van der Waals surface area (Å²) in [4.78, 5) is 24.7. The summed E-state index contributed by atoms with van der Waals surface area (Å²) in [5, 5.41) is 12.3. The van der Waals surface area contributed by atoms with Crippen LogP contribution >= 0.6 is 0 Å². The zero-order chi connectivity index (χ0) is 22.4. The molecule has 0 bridgehead atoms. The van der Waals surface area contributed by atoms with Crippen molar-refractivity contribution in [1.29, 1.82) is 5.26 Å². The average Bonchev–Trinajstić information content (AvgIpc) is 3.36. The second kappa shape index (κ2) is 9.69. The Hall–Kier alpha value is -3.27. The number of furan rings is 1. The first kappa shape index (κ1) is 22.4. The van der Waals surface area contributed by atoms with Crippen LogP contribution in [-0.4, -0.2) is 28.1 Å². The Morgan fingerprint density at radius 1 is 1.35 bits per heavy atom. The molecule has 2 aromatic rings. The minimum Gasteiger partial charge on any atom is -0.467 e. The van der Waals surface area contributed by atoms with Crippen LogP contribution in [0.2, 0.25) is 0 Å². The van der Waals surface area contributed by atoms with Gasteiger partial charge in [-0.1, -0.05) is 19.3 Å². The number of nitrogens with zero attached hydrogens (tertiary/aromatic N) is 2. The number of hydrogen-bond donors (Lipinski definition) is 1. The van der Waals surface area contributed by atoms with Crippen LogP contribution < -0.4 is 5.32 Å². The maximum atomic E-state index is 12.5. The van der Waals surface area contributed by atoms with Crippen molar-refractivity contribution < 1.29 is 18.7 Å². The minimum atomic E-state index is -0.976. The molecule has 1 N–H and O–H groups in total. The van der Waals surface area contributed by atoms with Crippen LogP contribution in [0.1, 0.15) is 61.7 Å². The highest BCUT2D eigenvalue weighted by molar-refractivity contribution is 5.90. The maximum Gasteiger partial charge on any atom is 0.331 e. The van der Waals surface area contributed by atoms with E-state index in [1.54, 1.807) is 12.3 Å². The predicted octanol–water partition coefficient (Wildman–Crippen LogP) is 4.03. The zero-order valence-corrected chi connectivity index (χ0v) is 18.3. The summed E-state index contributed by atoms with van der Waals surface area (Å²) >= 11 is 0. The molecule has 1 aliphatic rings. The molecule has 1 atom stereocenters. The number of rotatable bonds is 7. The van der Waals surface area contributed by atoms with Crippen LogP contribution in [0, 0.1) is 25.2 Å². The summed E-state index contributed by atoms with van der Waals surface area (Å²) in [6.45, 7) is 6.10. The Bertz CT molecular complexity index is 989. The monoisotopic (exact) mass is 423 g/mol. The fraction of sp³-hybridized carbons (Fsp3) is 0.458. The number of carbonyl (C=O) groups is 2. The van der Waals surface area contributed by atoms with Gasteiger partial charge in [0.25, 0.3) is 5.91 Å². The first-order valence-electron chi connectivity index (χ1n) is 10.6. The van der Waals surface area contributed by atoms with E-state index in [1.165, 1.54) is 13.0 Å². The van der Waals surface area contributed by atoms with Crippen molar-refractivity contribution in [2.75, 3.05) is 0 Å². The third kappa shape index (κ3) is 5.46. The summed E-state index contributed by atoms with van der Waals surface area (Å²) in [7, 11) is 0. The van der Waals surface area contributed by atoms with Crippen LogP contribution in [0.25, 0.3) is 6.08 Å². The second-order valence-corrected chi connectivity index (χ2v) is 8.15. The van der Waals surface area contributed by atoms with Gasteiger partial charge in [0, 0.05) is 17.5 Å². The quantitative estimate of drug-likeness (QED) is 0.536. The first-order chi connectivity index (χ1) is 14.8. The summed E-state index contributed by atoms with van der Waals surface area (Å²) in [5.74, 6) is -0.195. The smallest absolute Gasteiger partial charge is 0.331 e. The number of nitriles is 1. The third-order valence-corrected chi connectivity index (χ3v) is 5.85. The molecule has 1 amide bonds. The Labute approximate surface area is 182 Å². The lowest BCUT2D eigenvalue weighted by atomic mass is 9.83. The number of nitrogens with one attached hydrogen (secondary N) is 1. The van der Waals surface area contributed by atoms with Crippen molar-refractivity contribution in [2.45, 2.75) is 71.1 Å². The highest BCUT2D eigenvalue weighted by atomic mass is 16.5. The van der Waals surface area contributed by atoms with E-state index in [9.17, 15) is 14.9 Å². The molecule has 0 aromatic carbocycles. The van der Waals surface area contributed by atoms with Gasteiger partial charge >= 0.3 is 5.97 Å². The van der Waals surface area contributed by atoms with Crippen molar-refractivity contribution in [2.24, 2.45) is 0 Å². The number of esters is 1. The van der Waals surface area contributed by atoms with E-state index in [-0.39, 0.29) is 0 Å². The molecule has 0 aliphatic heterocycles.